The van der Waals surface area contributed by atoms with Crippen LogP contribution in [-0.2, 0) is 19.1 Å². The molecule has 1 aliphatic rings. The lowest BCUT2D eigenvalue weighted by Gasteiger charge is -2.17. The number of methoxy groups -OCH3 is 1. The molecule has 1 amide bonds. The summed E-state index contributed by atoms with van der Waals surface area (Å²) >= 11 is 0. The Morgan fingerprint density at radius 3 is 2.68 bits per heavy atom. The van der Waals surface area contributed by atoms with Gasteiger partial charge in [0, 0.05) is 11.6 Å². The summed E-state index contributed by atoms with van der Waals surface area (Å²) in [5, 5.41) is 0. The molecule has 0 unspecified atom stereocenters. The molecule has 0 spiro atoms. The van der Waals surface area contributed by atoms with Crippen LogP contribution in [0.5, 0.6) is 0 Å². The van der Waals surface area contributed by atoms with Crippen LogP contribution in [0.15, 0.2) is 47.5 Å². The number of carbonyl (C=O) groups is 2. The van der Waals surface area contributed by atoms with Crippen molar-refractivity contribution in [1.29, 1.82) is 0 Å². The number of hydrogen-bond donors (Lipinski definition) is 0. The van der Waals surface area contributed by atoms with E-state index in [9.17, 15) is 9.59 Å². The van der Waals surface area contributed by atoms with Gasteiger partial charge < -0.3 is 9.47 Å². The second-order valence-electron chi connectivity index (χ2n) is 4.15. The van der Waals surface area contributed by atoms with E-state index in [1.165, 1.54) is 13.2 Å². The second kappa shape index (κ2) is 5.06. The van der Waals surface area contributed by atoms with Gasteiger partial charge in [0.1, 0.15) is 0 Å². The summed E-state index contributed by atoms with van der Waals surface area (Å²) in [6.07, 6.45) is 2.50. The molecule has 0 saturated carbocycles. The molecule has 0 aromatic heterocycles. The summed E-state index contributed by atoms with van der Waals surface area (Å²) < 4.78 is 10.0. The van der Waals surface area contributed by atoms with Crippen molar-refractivity contribution in [3.8, 4) is 0 Å². The van der Waals surface area contributed by atoms with Crippen molar-refractivity contribution in [3.63, 3.8) is 0 Å². The van der Waals surface area contributed by atoms with E-state index >= 15 is 0 Å². The number of ether oxygens (including phenoxy) is 2. The number of esters is 1. The van der Waals surface area contributed by atoms with Crippen molar-refractivity contribution in [2.24, 2.45) is 4.99 Å². The van der Waals surface area contributed by atoms with Gasteiger partial charge in [0.2, 0.25) is 11.5 Å². The molecular weight excluding hydrogens is 246 g/mol. The van der Waals surface area contributed by atoms with Gasteiger partial charge in [0.05, 0.1) is 7.11 Å². The predicted molar refractivity (Wildman–Crippen MR) is 68.6 cm³/mol. The van der Waals surface area contributed by atoms with E-state index in [0.29, 0.717) is 5.56 Å². The molecule has 5 nitrogen and oxygen atoms in total. The van der Waals surface area contributed by atoms with Gasteiger partial charge in [-0.2, -0.15) is 4.99 Å². The lowest BCUT2D eigenvalue weighted by molar-refractivity contribution is -0.134. The first-order valence-corrected chi connectivity index (χ1v) is 5.70. The smallest absolute Gasteiger partial charge is 0.330 e. The van der Waals surface area contributed by atoms with E-state index in [2.05, 4.69) is 9.73 Å². The van der Waals surface area contributed by atoms with E-state index in [1.54, 1.807) is 19.1 Å². The summed E-state index contributed by atoms with van der Waals surface area (Å²) in [4.78, 5) is 26.8. The lowest BCUT2D eigenvalue weighted by Crippen LogP contribution is -2.31. The molecule has 5 heteroatoms. The van der Waals surface area contributed by atoms with Gasteiger partial charge in [0.15, 0.2) is 0 Å². The molecule has 1 aromatic rings. The number of amides is 1. The van der Waals surface area contributed by atoms with Crippen LogP contribution in [0.3, 0.4) is 0 Å². The van der Waals surface area contributed by atoms with Gasteiger partial charge in [-0.3, -0.25) is 4.79 Å². The normalized spacial score (nSPS) is 22.2. The molecular formula is C14H13NO4. The highest BCUT2D eigenvalue weighted by molar-refractivity contribution is 6.10. The first kappa shape index (κ1) is 13.0. The number of hydrogen-bond acceptors (Lipinski definition) is 4. The second-order valence-corrected chi connectivity index (χ2v) is 4.15. The van der Waals surface area contributed by atoms with Crippen LogP contribution in [-0.4, -0.2) is 30.5 Å². The maximum absolute atomic E-state index is 11.9. The van der Waals surface area contributed by atoms with Crippen LogP contribution in [0.1, 0.15) is 12.5 Å². The molecule has 98 valence electrons. The van der Waals surface area contributed by atoms with Crippen LogP contribution >= 0.6 is 0 Å². The van der Waals surface area contributed by atoms with E-state index < -0.39 is 17.5 Å². The minimum atomic E-state index is -1.26. The predicted octanol–water partition coefficient (Wildman–Crippen LogP) is 1.48. The fourth-order valence-electron chi connectivity index (χ4n) is 1.58. The third-order valence-corrected chi connectivity index (χ3v) is 2.70. The minimum absolute atomic E-state index is 0.252. The van der Waals surface area contributed by atoms with Gasteiger partial charge in [-0.15, -0.1) is 0 Å². The summed E-state index contributed by atoms with van der Waals surface area (Å²) in [7, 11) is 1.26. The Labute approximate surface area is 110 Å². The zero-order valence-corrected chi connectivity index (χ0v) is 10.6. The first-order valence-electron chi connectivity index (χ1n) is 5.70. The first-order chi connectivity index (χ1) is 9.05. The summed E-state index contributed by atoms with van der Waals surface area (Å²) in [6.45, 7) is 1.55. The van der Waals surface area contributed by atoms with Gasteiger partial charge in [-0.05, 0) is 25.1 Å². The van der Waals surface area contributed by atoms with E-state index in [4.69, 9.17) is 4.74 Å². The zero-order valence-electron chi connectivity index (χ0n) is 10.6. The maximum Gasteiger partial charge on any atom is 0.330 e. The number of carbonyl (C=O) groups excluding carboxylic acids is 2. The fourth-order valence-corrected chi connectivity index (χ4v) is 1.58. The van der Waals surface area contributed by atoms with E-state index in [1.807, 2.05) is 18.2 Å². The third kappa shape index (κ3) is 2.70. The highest BCUT2D eigenvalue weighted by atomic mass is 16.5. The summed E-state index contributed by atoms with van der Waals surface area (Å²) in [5.74, 6) is -0.750. The fraction of sp³-hybridized carbons (Fsp3) is 0.214. The number of benzene rings is 1. The SMILES string of the molecule is COC(=O)/C=C/[C@@]1(C)OC(c2ccccc2)=NC1=O. The van der Waals surface area contributed by atoms with Gasteiger partial charge in [-0.25, -0.2) is 4.79 Å². The van der Waals surface area contributed by atoms with Gasteiger partial charge in [-0.1, -0.05) is 18.2 Å². The Morgan fingerprint density at radius 2 is 2.05 bits per heavy atom. The van der Waals surface area contributed by atoms with Crippen molar-refractivity contribution < 1.29 is 19.1 Å². The zero-order chi connectivity index (χ0) is 13.9. The molecule has 1 heterocycles. The number of nitrogens with zero attached hydrogens (tertiary/aromatic N) is 1. The van der Waals surface area contributed by atoms with Crippen LogP contribution < -0.4 is 0 Å². The lowest BCUT2D eigenvalue weighted by atomic mass is 10.1. The standard InChI is InChI=1S/C14H13NO4/c1-14(9-8-11(16)18-2)13(17)15-12(19-14)10-6-4-3-5-7-10/h3-9H,1-2H3/b9-8+/t14-/m1/s1. The summed E-state index contributed by atoms with van der Waals surface area (Å²) in [6, 6.07) is 9.10. The van der Waals surface area contributed by atoms with Crippen molar-refractivity contribution in [1.82, 2.24) is 0 Å². The van der Waals surface area contributed by atoms with Crippen LogP contribution in [0.25, 0.3) is 0 Å². The van der Waals surface area contributed by atoms with E-state index in [-0.39, 0.29) is 5.90 Å². The molecule has 2 rings (SSSR count). The highest BCUT2D eigenvalue weighted by Crippen LogP contribution is 2.24. The average Bonchev–Trinajstić information content (AvgIpc) is 2.74. The van der Waals surface area contributed by atoms with E-state index in [0.717, 1.165) is 6.08 Å². The largest absolute Gasteiger partial charge is 0.466 e. The number of aliphatic imine (C=N–C) groups is 1. The third-order valence-electron chi connectivity index (χ3n) is 2.70. The Bertz CT molecular complexity index is 562. The quantitative estimate of drug-likeness (QED) is 0.609. The van der Waals surface area contributed by atoms with Gasteiger partial charge in [0.25, 0.3) is 5.91 Å². The number of rotatable bonds is 3. The Kier molecular flexibility index (Phi) is 3.46. The topological polar surface area (TPSA) is 65.0 Å². The minimum Gasteiger partial charge on any atom is -0.466 e. The molecule has 19 heavy (non-hydrogen) atoms. The molecule has 1 aromatic carbocycles. The molecule has 0 saturated heterocycles. The molecule has 0 aliphatic carbocycles. The Hall–Kier alpha value is -2.43. The van der Waals surface area contributed by atoms with Crippen molar-refractivity contribution in [2.75, 3.05) is 7.11 Å². The van der Waals surface area contributed by atoms with Crippen LogP contribution in [0.4, 0.5) is 0 Å². The molecule has 1 atom stereocenters. The molecule has 0 N–H and O–H groups in total. The van der Waals surface area contributed by atoms with Crippen LogP contribution in [0.2, 0.25) is 0 Å². The Morgan fingerprint density at radius 1 is 1.37 bits per heavy atom. The van der Waals surface area contributed by atoms with Gasteiger partial charge >= 0.3 is 5.97 Å². The average molecular weight is 259 g/mol. The highest BCUT2D eigenvalue weighted by Gasteiger charge is 2.40. The van der Waals surface area contributed by atoms with Crippen molar-refractivity contribution >= 4 is 17.8 Å². The molecule has 0 bridgehead atoms. The van der Waals surface area contributed by atoms with Crippen molar-refractivity contribution in [2.45, 2.75) is 12.5 Å². The maximum atomic E-state index is 11.9. The Balaban J connectivity index is 2.20. The van der Waals surface area contributed by atoms with Crippen LogP contribution in [0, 0.1) is 0 Å². The molecule has 1 aliphatic heterocycles. The molecule has 0 fully saturated rings. The monoisotopic (exact) mass is 259 g/mol. The molecule has 0 radical (unpaired) electrons. The van der Waals surface area contributed by atoms with Crippen molar-refractivity contribution in [3.05, 3.63) is 48.0 Å². The summed E-state index contributed by atoms with van der Waals surface area (Å²) in [5.41, 5.74) is -0.551.